The van der Waals surface area contributed by atoms with Crippen LogP contribution < -0.4 is 10.6 Å². The Hall–Kier alpha value is -5.87. The van der Waals surface area contributed by atoms with Crippen molar-refractivity contribution in [1.29, 1.82) is 0 Å². The van der Waals surface area contributed by atoms with E-state index >= 15 is 0 Å². The molecule has 0 bridgehead atoms. The zero-order chi connectivity index (χ0) is 39.7. The van der Waals surface area contributed by atoms with Crippen LogP contribution >= 0.6 is 11.8 Å². The molecule has 2 amide bonds. The van der Waals surface area contributed by atoms with Crippen molar-refractivity contribution in [2.45, 2.75) is 62.0 Å². The number of ether oxygens (including phenoxy) is 2. The van der Waals surface area contributed by atoms with Gasteiger partial charge in [0.1, 0.15) is 24.3 Å². The normalized spacial score (nSPS) is 13.4. The maximum absolute atomic E-state index is 14.0. The van der Waals surface area contributed by atoms with Crippen LogP contribution in [0.3, 0.4) is 0 Å². The second kappa shape index (κ2) is 17.7. The number of amides is 2. The van der Waals surface area contributed by atoms with E-state index in [-0.39, 0.29) is 31.1 Å². The average molecular weight is 771 g/mol. The highest BCUT2D eigenvalue weighted by atomic mass is 32.2. The molecule has 0 spiro atoms. The molecule has 0 saturated heterocycles. The molecule has 0 fully saturated rings. The van der Waals surface area contributed by atoms with Crippen LogP contribution in [0.5, 0.6) is 0 Å². The van der Waals surface area contributed by atoms with Crippen LogP contribution in [0.1, 0.15) is 67.3 Å². The molecule has 10 heteroatoms. The molecule has 0 aliphatic heterocycles. The fourth-order valence-corrected chi connectivity index (χ4v) is 8.68. The van der Waals surface area contributed by atoms with E-state index in [0.29, 0.717) is 0 Å². The lowest BCUT2D eigenvalue weighted by Crippen LogP contribution is -2.53. The van der Waals surface area contributed by atoms with Gasteiger partial charge in [-0.3, -0.25) is 9.59 Å². The summed E-state index contributed by atoms with van der Waals surface area (Å²) in [6, 6.07) is 42.7. The predicted molar refractivity (Wildman–Crippen MR) is 218 cm³/mol. The monoisotopic (exact) mass is 770 g/mol. The molecule has 2 atom stereocenters. The summed E-state index contributed by atoms with van der Waals surface area (Å²) in [5.41, 5.74) is 6.24. The molecular formula is C46H46N2O7S. The third kappa shape index (κ3) is 9.32. The number of esters is 1. The number of carboxylic acids is 1. The number of rotatable bonds is 15. The van der Waals surface area contributed by atoms with E-state index in [1.165, 1.54) is 11.8 Å². The minimum Gasteiger partial charge on any atom is -0.480 e. The maximum atomic E-state index is 14.0. The van der Waals surface area contributed by atoms with Gasteiger partial charge in [0.15, 0.2) is 0 Å². The number of hydrogen-bond donors (Lipinski definition) is 3. The Balaban J connectivity index is 1.22. The van der Waals surface area contributed by atoms with Crippen LogP contribution in [0.25, 0.3) is 11.1 Å². The smallest absolute Gasteiger partial charge is 0.407 e. The molecule has 1 aliphatic carbocycles. The third-order valence-corrected chi connectivity index (χ3v) is 11.3. The Labute approximate surface area is 331 Å². The quantitative estimate of drug-likeness (QED) is 0.0716. The van der Waals surface area contributed by atoms with Crippen LogP contribution in [0.2, 0.25) is 0 Å². The van der Waals surface area contributed by atoms with Gasteiger partial charge in [-0.2, -0.15) is 0 Å². The van der Waals surface area contributed by atoms with Crippen molar-refractivity contribution in [3.05, 3.63) is 167 Å². The van der Waals surface area contributed by atoms with Crippen molar-refractivity contribution >= 4 is 35.7 Å². The minimum atomic E-state index is -1.36. The van der Waals surface area contributed by atoms with Crippen molar-refractivity contribution < 1.29 is 33.8 Å². The number of thioether (sulfide) groups is 1. The van der Waals surface area contributed by atoms with Gasteiger partial charge in [0.25, 0.3) is 0 Å². The third-order valence-electron chi connectivity index (χ3n) is 9.63. The van der Waals surface area contributed by atoms with Crippen molar-refractivity contribution in [2.75, 3.05) is 12.4 Å². The summed E-state index contributed by atoms with van der Waals surface area (Å²) in [4.78, 5) is 53.0. The summed E-state index contributed by atoms with van der Waals surface area (Å²) in [6.45, 7) is 5.22. The number of carboxylic acid groups (broad SMARTS) is 1. The van der Waals surface area contributed by atoms with Crippen LogP contribution in [0, 0.1) is 0 Å². The lowest BCUT2D eigenvalue weighted by molar-refractivity contribution is -0.155. The van der Waals surface area contributed by atoms with Crippen LogP contribution in [0.4, 0.5) is 4.79 Å². The van der Waals surface area contributed by atoms with Crippen molar-refractivity contribution in [2.24, 2.45) is 0 Å². The number of nitrogens with one attached hydrogen (secondary N) is 2. The van der Waals surface area contributed by atoms with Gasteiger partial charge in [0.2, 0.25) is 5.91 Å². The van der Waals surface area contributed by atoms with E-state index in [4.69, 9.17) is 9.47 Å². The van der Waals surface area contributed by atoms with Crippen LogP contribution in [-0.2, 0) is 28.6 Å². The second-order valence-electron chi connectivity index (χ2n) is 14.6. The highest BCUT2D eigenvalue weighted by Gasteiger charge is 2.39. The van der Waals surface area contributed by atoms with Gasteiger partial charge >= 0.3 is 18.0 Å². The molecule has 5 aromatic carbocycles. The van der Waals surface area contributed by atoms with Gasteiger partial charge in [-0.1, -0.05) is 140 Å². The topological polar surface area (TPSA) is 131 Å². The molecule has 0 saturated carbocycles. The zero-order valence-electron chi connectivity index (χ0n) is 31.6. The largest absolute Gasteiger partial charge is 0.480 e. The lowest BCUT2D eigenvalue weighted by atomic mass is 9.84. The van der Waals surface area contributed by atoms with Crippen molar-refractivity contribution in [1.82, 2.24) is 10.6 Å². The van der Waals surface area contributed by atoms with Crippen molar-refractivity contribution in [3.63, 3.8) is 0 Å². The Morgan fingerprint density at radius 1 is 0.661 bits per heavy atom. The molecule has 1 aliphatic rings. The molecule has 9 nitrogen and oxygen atoms in total. The van der Waals surface area contributed by atoms with E-state index < -0.39 is 46.4 Å². The number of hydrogen-bond acceptors (Lipinski definition) is 7. The number of carbonyl (C=O) groups is 4. The molecular weight excluding hydrogens is 725 g/mol. The van der Waals surface area contributed by atoms with Gasteiger partial charge in [0.05, 0.1) is 4.75 Å². The highest BCUT2D eigenvalue weighted by molar-refractivity contribution is 8.00. The van der Waals surface area contributed by atoms with Gasteiger partial charge in [-0.15, -0.1) is 11.8 Å². The van der Waals surface area contributed by atoms with Gasteiger partial charge in [0, 0.05) is 18.1 Å². The number of carbonyl (C=O) groups excluding carboxylic acids is 3. The van der Waals surface area contributed by atoms with Gasteiger partial charge in [-0.05, 0) is 66.1 Å². The standard InChI is InChI=1S/C46H46N2O7S/c1-45(2,3)55-41(49)28-27-39(48-44(53)54-29-38-36-25-15-13-23-34(36)35-24-14-16-26-37(35)38)42(50)47-40(43(51)52)30-56-46(31-17-7-4-8-18-31,32-19-9-5-10-20-32)33-21-11-6-12-22-33/h4-26,38-40H,27-30H2,1-3H3,(H,47,50)(H,48,53)(H,51,52)/t39-,40-/m0/s1. The number of fused-ring (bicyclic) bond motifs is 3. The van der Waals surface area contributed by atoms with E-state index in [1.807, 2.05) is 140 Å². The second-order valence-corrected chi connectivity index (χ2v) is 15.9. The van der Waals surface area contributed by atoms with Gasteiger partial charge < -0.3 is 25.2 Å². The summed E-state index contributed by atoms with van der Waals surface area (Å²) in [6.07, 6.45) is -1.22. The van der Waals surface area contributed by atoms with E-state index in [9.17, 15) is 24.3 Å². The van der Waals surface area contributed by atoms with E-state index in [2.05, 4.69) is 10.6 Å². The first-order valence-corrected chi connectivity index (χ1v) is 19.6. The Morgan fingerprint density at radius 3 is 1.59 bits per heavy atom. The van der Waals surface area contributed by atoms with Crippen molar-refractivity contribution in [3.8, 4) is 11.1 Å². The molecule has 0 heterocycles. The summed E-state index contributed by atoms with van der Waals surface area (Å²) in [7, 11) is 0. The van der Waals surface area contributed by atoms with Crippen LogP contribution in [-0.4, -0.2) is 59.1 Å². The maximum Gasteiger partial charge on any atom is 0.407 e. The number of aliphatic carboxylic acids is 1. The first-order valence-electron chi connectivity index (χ1n) is 18.6. The fraction of sp³-hybridized carbons (Fsp3) is 0.261. The summed E-state index contributed by atoms with van der Waals surface area (Å²) in [5, 5.41) is 15.8. The molecule has 56 heavy (non-hydrogen) atoms. The predicted octanol–water partition coefficient (Wildman–Crippen LogP) is 8.31. The first kappa shape index (κ1) is 39.8. The zero-order valence-corrected chi connectivity index (χ0v) is 32.5. The Morgan fingerprint density at radius 2 is 1.12 bits per heavy atom. The molecule has 5 aromatic rings. The minimum absolute atomic E-state index is 0.00912. The summed E-state index contributed by atoms with van der Waals surface area (Å²) < 4.78 is 10.4. The molecule has 288 valence electrons. The molecule has 0 unspecified atom stereocenters. The number of alkyl carbamates (subject to hydrolysis) is 1. The summed E-state index contributed by atoms with van der Waals surface area (Å²) >= 11 is 1.39. The summed E-state index contributed by atoms with van der Waals surface area (Å²) in [5.74, 6) is -2.83. The van der Waals surface area contributed by atoms with Crippen LogP contribution in [0.15, 0.2) is 140 Å². The fourth-order valence-electron chi connectivity index (χ4n) is 7.13. The van der Waals surface area contributed by atoms with E-state index in [1.54, 1.807) is 20.8 Å². The molecule has 0 radical (unpaired) electrons. The first-order chi connectivity index (χ1) is 27.0. The van der Waals surface area contributed by atoms with Gasteiger partial charge in [-0.25, -0.2) is 9.59 Å². The lowest BCUT2D eigenvalue weighted by Gasteiger charge is -2.36. The molecule has 0 aromatic heterocycles. The Bertz CT molecular complexity index is 2000. The SMILES string of the molecule is CC(C)(C)OC(=O)CC[C@H](NC(=O)OCC1c2ccccc2-c2ccccc21)C(=O)N[C@@H](CSC(c1ccccc1)(c1ccccc1)c1ccccc1)C(=O)O. The Kier molecular flexibility index (Phi) is 12.6. The highest BCUT2D eigenvalue weighted by Crippen LogP contribution is 2.49. The van der Waals surface area contributed by atoms with E-state index in [0.717, 1.165) is 38.9 Å². The number of benzene rings is 5. The molecule has 6 rings (SSSR count). The molecule has 3 N–H and O–H groups in total. The average Bonchev–Trinajstić information content (AvgIpc) is 3.52.